The Hall–Kier alpha value is 0.250. The standard InChI is InChI=1S/C8H17ClO/c1-4-5-8(9)6-10-7(2)3/h7-8H,4-6H2,1-3H3. The molecule has 0 aromatic carbocycles. The largest absolute Gasteiger partial charge is 0.377 e. The Morgan fingerprint density at radius 3 is 2.40 bits per heavy atom. The predicted octanol–water partition coefficient (Wildman–Crippen LogP) is 2.82. The van der Waals surface area contributed by atoms with E-state index in [0.29, 0.717) is 12.7 Å². The molecule has 0 rings (SSSR count). The molecule has 0 radical (unpaired) electrons. The zero-order valence-electron chi connectivity index (χ0n) is 7.06. The fourth-order valence-corrected chi connectivity index (χ4v) is 0.984. The zero-order valence-corrected chi connectivity index (χ0v) is 7.82. The molecule has 2 heteroatoms. The Morgan fingerprint density at radius 2 is 2.00 bits per heavy atom. The predicted molar refractivity (Wildman–Crippen MR) is 45.6 cm³/mol. The van der Waals surface area contributed by atoms with Gasteiger partial charge in [-0.15, -0.1) is 11.6 Å². The van der Waals surface area contributed by atoms with Crippen molar-refractivity contribution in [1.82, 2.24) is 0 Å². The van der Waals surface area contributed by atoms with Gasteiger partial charge in [0.1, 0.15) is 0 Å². The molecule has 1 nitrogen and oxygen atoms in total. The van der Waals surface area contributed by atoms with Crippen molar-refractivity contribution in [3.8, 4) is 0 Å². The minimum atomic E-state index is 0.201. The number of halogens is 1. The quantitative estimate of drug-likeness (QED) is 0.568. The smallest absolute Gasteiger partial charge is 0.0633 e. The number of rotatable bonds is 5. The van der Waals surface area contributed by atoms with Gasteiger partial charge in [0, 0.05) is 0 Å². The Balaban J connectivity index is 3.12. The molecule has 10 heavy (non-hydrogen) atoms. The first kappa shape index (κ1) is 10.2. The second-order valence-corrected chi connectivity index (χ2v) is 3.39. The molecule has 0 heterocycles. The minimum absolute atomic E-state index is 0.201. The molecule has 0 bridgehead atoms. The lowest BCUT2D eigenvalue weighted by molar-refractivity contribution is 0.0778. The molecule has 0 aromatic heterocycles. The van der Waals surface area contributed by atoms with Gasteiger partial charge in [-0.2, -0.15) is 0 Å². The molecular weight excluding hydrogens is 148 g/mol. The summed E-state index contributed by atoms with van der Waals surface area (Å²) in [5.41, 5.74) is 0. The van der Waals surface area contributed by atoms with Crippen LogP contribution in [0.5, 0.6) is 0 Å². The Kier molecular flexibility index (Phi) is 6.14. The molecule has 1 atom stereocenters. The van der Waals surface area contributed by atoms with Gasteiger partial charge in [0.05, 0.1) is 18.1 Å². The summed E-state index contributed by atoms with van der Waals surface area (Å²) in [6, 6.07) is 0. The van der Waals surface area contributed by atoms with Gasteiger partial charge in [0.15, 0.2) is 0 Å². The number of hydrogen-bond donors (Lipinski definition) is 0. The molecule has 0 aliphatic rings. The van der Waals surface area contributed by atoms with Crippen molar-refractivity contribution in [2.45, 2.75) is 45.1 Å². The molecule has 0 aromatic rings. The molecule has 0 saturated carbocycles. The van der Waals surface area contributed by atoms with Crippen molar-refractivity contribution >= 4 is 11.6 Å². The molecule has 0 aliphatic heterocycles. The summed E-state index contributed by atoms with van der Waals surface area (Å²) in [7, 11) is 0. The monoisotopic (exact) mass is 164 g/mol. The van der Waals surface area contributed by atoms with Crippen LogP contribution in [0.4, 0.5) is 0 Å². The third-order valence-electron chi connectivity index (χ3n) is 1.21. The van der Waals surface area contributed by atoms with Gasteiger partial charge >= 0.3 is 0 Å². The van der Waals surface area contributed by atoms with Crippen LogP contribution in [0.3, 0.4) is 0 Å². The van der Waals surface area contributed by atoms with Crippen molar-refractivity contribution in [2.75, 3.05) is 6.61 Å². The van der Waals surface area contributed by atoms with Crippen LogP contribution in [-0.2, 0) is 4.74 Å². The highest BCUT2D eigenvalue weighted by Gasteiger charge is 2.03. The molecule has 0 fully saturated rings. The normalized spacial score (nSPS) is 14.1. The average molecular weight is 165 g/mol. The van der Waals surface area contributed by atoms with Crippen molar-refractivity contribution in [3.63, 3.8) is 0 Å². The lowest BCUT2D eigenvalue weighted by atomic mass is 10.2. The first-order valence-electron chi connectivity index (χ1n) is 3.92. The van der Waals surface area contributed by atoms with Crippen LogP contribution in [0.2, 0.25) is 0 Å². The van der Waals surface area contributed by atoms with Crippen molar-refractivity contribution < 1.29 is 4.74 Å². The van der Waals surface area contributed by atoms with Gasteiger partial charge in [-0.25, -0.2) is 0 Å². The van der Waals surface area contributed by atoms with E-state index in [1.165, 1.54) is 0 Å². The topological polar surface area (TPSA) is 9.23 Å². The van der Waals surface area contributed by atoms with E-state index in [4.69, 9.17) is 16.3 Å². The minimum Gasteiger partial charge on any atom is -0.377 e. The van der Waals surface area contributed by atoms with Gasteiger partial charge in [0.25, 0.3) is 0 Å². The van der Waals surface area contributed by atoms with Crippen LogP contribution in [0.1, 0.15) is 33.6 Å². The third-order valence-corrected chi connectivity index (χ3v) is 1.56. The van der Waals surface area contributed by atoms with Gasteiger partial charge in [0.2, 0.25) is 0 Å². The van der Waals surface area contributed by atoms with Gasteiger partial charge in [-0.3, -0.25) is 0 Å². The van der Waals surface area contributed by atoms with Crippen LogP contribution >= 0.6 is 11.6 Å². The van der Waals surface area contributed by atoms with E-state index in [1.807, 2.05) is 13.8 Å². The van der Waals surface area contributed by atoms with Crippen molar-refractivity contribution in [1.29, 1.82) is 0 Å². The van der Waals surface area contributed by atoms with Gasteiger partial charge < -0.3 is 4.74 Å². The molecular formula is C8H17ClO. The van der Waals surface area contributed by atoms with E-state index >= 15 is 0 Å². The first-order valence-corrected chi connectivity index (χ1v) is 4.36. The lowest BCUT2D eigenvalue weighted by Crippen LogP contribution is -2.13. The van der Waals surface area contributed by atoms with Crippen LogP contribution in [-0.4, -0.2) is 18.1 Å². The van der Waals surface area contributed by atoms with Crippen LogP contribution < -0.4 is 0 Å². The summed E-state index contributed by atoms with van der Waals surface area (Å²) in [5, 5.41) is 0.201. The molecule has 0 N–H and O–H groups in total. The fraction of sp³-hybridized carbons (Fsp3) is 1.00. The summed E-state index contributed by atoms with van der Waals surface area (Å²) < 4.78 is 5.32. The fourth-order valence-electron chi connectivity index (χ4n) is 0.693. The summed E-state index contributed by atoms with van der Waals surface area (Å²) in [6.07, 6.45) is 2.49. The maximum atomic E-state index is 5.90. The summed E-state index contributed by atoms with van der Waals surface area (Å²) >= 11 is 5.90. The highest BCUT2D eigenvalue weighted by Crippen LogP contribution is 2.06. The van der Waals surface area contributed by atoms with E-state index in [2.05, 4.69) is 6.92 Å². The highest BCUT2D eigenvalue weighted by atomic mass is 35.5. The third kappa shape index (κ3) is 6.37. The highest BCUT2D eigenvalue weighted by molar-refractivity contribution is 6.20. The zero-order chi connectivity index (χ0) is 7.98. The molecule has 0 spiro atoms. The van der Waals surface area contributed by atoms with E-state index in [9.17, 15) is 0 Å². The van der Waals surface area contributed by atoms with E-state index < -0.39 is 0 Å². The lowest BCUT2D eigenvalue weighted by Gasteiger charge is -2.10. The summed E-state index contributed by atoms with van der Waals surface area (Å²) in [6.45, 7) is 6.86. The van der Waals surface area contributed by atoms with E-state index in [0.717, 1.165) is 12.8 Å². The SMILES string of the molecule is CCCC(Cl)COC(C)C. The molecule has 1 unspecified atom stereocenters. The first-order chi connectivity index (χ1) is 4.66. The van der Waals surface area contributed by atoms with Gasteiger partial charge in [-0.1, -0.05) is 13.3 Å². The van der Waals surface area contributed by atoms with Gasteiger partial charge in [-0.05, 0) is 20.3 Å². The number of ether oxygens (including phenoxy) is 1. The number of alkyl halides is 1. The summed E-state index contributed by atoms with van der Waals surface area (Å²) in [5.74, 6) is 0. The maximum absolute atomic E-state index is 5.90. The van der Waals surface area contributed by atoms with E-state index in [-0.39, 0.29) is 5.38 Å². The Labute approximate surface area is 68.7 Å². The summed E-state index contributed by atoms with van der Waals surface area (Å²) in [4.78, 5) is 0. The van der Waals surface area contributed by atoms with E-state index in [1.54, 1.807) is 0 Å². The van der Waals surface area contributed by atoms with Crippen LogP contribution in [0.15, 0.2) is 0 Å². The number of hydrogen-bond acceptors (Lipinski definition) is 1. The Morgan fingerprint density at radius 1 is 1.40 bits per heavy atom. The molecule has 0 aliphatic carbocycles. The maximum Gasteiger partial charge on any atom is 0.0633 e. The molecule has 62 valence electrons. The Bertz CT molecular complexity index is 73.7. The van der Waals surface area contributed by atoms with Crippen LogP contribution in [0.25, 0.3) is 0 Å². The molecule has 0 amide bonds. The second kappa shape index (κ2) is 5.99. The molecule has 0 saturated heterocycles. The van der Waals surface area contributed by atoms with Crippen molar-refractivity contribution in [2.24, 2.45) is 0 Å². The average Bonchev–Trinajstić information content (AvgIpc) is 1.85. The van der Waals surface area contributed by atoms with Crippen molar-refractivity contribution in [3.05, 3.63) is 0 Å². The second-order valence-electron chi connectivity index (χ2n) is 2.77. The van der Waals surface area contributed by atoms with Crippen LogP contribution in [0, 0.1) is 0 Å².